The first-order chi connectivity index (χ1) is 5.59. The predicted octanol–water partition coefficient (Wildman–Crippen LogP) is 1.79. The summed E-state index contributed by atoms with van der Waals surface area (Å²) in [6.45, 7) is 8.80. The lowest BCUT2D eigenvalue weighted by Crippen LogP contribution is -2.42. The Morgan fingerprint density at radius 2 is 1.75 bits per heavy atom. The molecule has 0 saturated carbocycles. The van der Waals surface area contributed by atoms with Gasteiger partial charge in [-0.15, -0.1) is 4.84 Å². The first kappa shape index (κ1) is 11.4. The standard InChI is InChI=1S/C9H18N2O/c1-8(2)11(9(3)4)12-7-5-6-10/h8-9H,5,7H2,1-4H3/q+1. The van der Waals surface area contributed by atoms with Crippen molar-refractivity contribution in [2.24, 2.45) is 0 Å². The van der Waals surface area contributed by atoms with Gasteiger partial charge in [-0.3, -0.25) is 0 Å². The van der Waals surface area contributed by atoms with Crippen molar-refractivity contribution < 1.29 is 4.84 Å². The van der Waals surface area contributed by atoms with Crippen LogP contribution in [0.2, 0.25) is 0 Å². The van der Waals surface area contributed by atoms with E-state index in [1.165, 1.54) is 0 Å². The van der Waals surface area contributed by atoms with Crippen molar-refractivity contribution in [2.45, 2.75) is 46.2 Å². The minimum absolute atomic E-state index is 0.365. The Morgan fingerprint density at radius 3 is 2.08 bits per heavy atom. The fourth-order valence-corrected chi connectivity index (χ4v) is 1.09. The highest BCUT2D eigenvalue weighted by molar-refractivity contribution is 4.69. The number of hydroxylamine groups is 2. The van der Waals surface area contributed by atoms with Crippen molar-refractivity contribution in [1.29, 1.82) is 5.26 Å². The molecule has 3 nitrogen and oxygen atoms in total. The molecular formula is C9H18N2O+. The fraction of sp³-hybridized carbons (Fsp3) is 0.889. The van der Waals surface area contributed by atoms with Crippen LogP contribution in [0.25, 0.3) is 0 Å². The van der Waals surface area contributed by atoms with E-state index in [4.69, 9.17) is 10.1 Å². The van der Waals surface area contributed by atoms with Crippen LogP contribution in [0, 0.1) is 11.3 Å². The van der Waals surface area contributed by atoms with Crippen molar-refractivity contribution in [3.63, 3.8) is 0 Å². The van der Waals surface area contributed by atoms with Gasteiger partial charge in [0.1, 0.15) is 6.61 Å². The summed E-state index contributed by atoms with van der Waals surface area (Å²) < 4.78 is 0. The van der Waals surface area contributed by atoms with Gasteiger partial charge < -0.3 is 0 Å². The van der Waals surface area contributed by atoms with Crippen molar-refractivity contribution in [1.82, 2.24) is 5.06 Å². The minimum Gasteiger partial charge on any atom is -0.198 e. The van der Waals surface area contributed by atoms with E-state index >= 15 is 0 Å². The number of nitrogens with zero attached hydrogens (tertiary/aromatic N) is 2. The summed E-state index contributed by atoms with van der Waals surface area (Å²) in [7, 11) is 0. The number of hydrogen-bond donors (Lipinski definition) is 0. The summed E-state index contributed by atoms with van der Waals surface area (Å²) in [6.07, 6.45) is 0.454. The normalized spacial score (nSPS) is 11.2. The predicted molar refractivity (Wildman–Crippen MR) is 48.6 cm³/mol. The molecule has 0 bridgehead atoms. The van der Waals surface area contributed by atoms with E-state index in [0.717, 1.165) is 0 Å². The molecule has 0 aliphatic carbocycles. The molecule has 0 aromatic heterocycles. The lowest BCUT2D eigenvalue weighted by Gasteiger charge is -2.15. The second-order valence-corrected chi connectivity index (χ2v) is 3.29. The number of hydrogen-bond acceptors (Lipinski definition) is 3. The highest BCUT2D eigenvalue weighted by Crippen LogP contribution is 2.01. The Hall–Kier alpha value is -0.590. The van der Waals surface area contributed by atoms with Crippen LogP contribution in [-0.2, 0) is 4.84 Å². The minimum atomic E-state index is 0.365. The van der Waals surface area contributed by atoms with Crippen molar-refractivity contribution >= 4 is 0 Å². The van der Waals surface area contributed by atoms with Gasteiger partial charge in [-0.25, -0.2) is 0 Å². The smallest absolute Gasteiger partial charge is 0.164 e. The maximum Gasteiger partial charge on any atom is 0.164 e. The van der Waals surface area contributed by atoms with Gasteiger partial charge in [-0.05, 0) is 32.8 Å². The van der Waals surface area contributed by atoms with Crippen LogP contribution in [0.1, 0.15) is 34.1 Å². The molecule has 0 unspecified atom stereocenters. The van der Waals surface area contributed by atoms with Crippen LogP contribution >= 0.6 is 0 Å². The molecule has 0 amide bonds. The summed E-state index contributed by atoms with van der Waals surface area (Å²) in [5.41, 5.74) is 0. The third-order valence-corrected chi connectivity index (χ3v) is 1.47. The molecule has 69 valence electrons. The van der Waals surface area contributed by atoms with Crippen LogP contribution in [0.4, 0.5) is 0 Å². The van der Waals surface area contributed by atoms with Crippen LogP contribution in [0.5, 0.6) is 0 Å². The van der Waals surface area contributed by atoms with Gasteiger partial charge in [-0.2, -0.15) is 5.26 Å². The third-order valence-electron chi connectivity index (χ3n) is 1.47. The van der Waals surface area contributed by atoms with Gasteiger partial charge >= 0.3 is 0 Å². The Bertz CT molecular complexity index is 141. The first-order valence-electron chi connectivity index (χ1n) is 4.37. The maximum atomic E-state index is 8.31. The van der Waals surface area contributed by atoms with Gasteiger partial charge in [0.2, 0.25) is 0 Å². The molecular weight excluding hydrogens is 152 g/mol. The SMILES string of the molecule is CC(C)[N+](OCCC#N)C(C)C. The number of rotatable bonds is 5. The largest absolute Gasteiger partial charge is 0.198 e. The summed E-state index contributed by atoms with van der Waals surface area (Å²) >= 11 is 0. The van der Waals surface area contributed by atoms with E-state index in [0.29, 0.717) is 25.1 Å². The second kappa shape index (κ2) is 5.99. The summed E-state index contributed by atoms with van der Waals surface area (Å²) in [4.78, 5) is 5.42. The van der Waals surface area contributed by atoms with Crippen molar-refractivity contribution in [2.75, 3.05) is 6.61 Å². The molecule has 0 spiro atoms. The van der Waals surface area contributed by atoms with E-state index in [2.05, 4.69) is 27.7 Å². The lowest BCUT2D eigenvalue weighted by molar-refractivity contribution is -0.107. The van der Waals surface area contributed by atoms with Gasteiger partial charge in [0, 0.05) is 0 Å². The monoisotopic (exact) mass is 170 g/mol. The average Bonchev–Trinajstić information content (AvgIpc) is 1.96. The van der Waals surface area contributed by atoms with Gasteiger partial charge in [-0.1, -0.05) is 0 Å². The molecule has 0 heterocycles. The summed E-state index contributed by atoms with van der Waals surface area (Å²) in [6, 6.07) is 2.78. The van der Waals surface area contributed by atoms with Crippen molar-refractivity contribution in [3.05, 3.63) is 0 Å². The zero-order chi connectivity index (χ0) is 9.56. The zero-order valence-corrected chi connectivity index (χ0v) is 8.37. The van der Waals surface area contributed by atoms with Gasteiger partial charge in [0.25, 0.3) is 0 Å². The van der Waals surface area contributed by atoms with Crippen molar-refractivity contribution in [3.8, 4) is 6.07 Å². The molecule has 0 N–H and O–H groups in total. The molecule has 0 atom stereocenters. The maximum absolute atomic E-state index is 8.31. The molecule has 1 radical (unpaired) electrons. The van der Waals surface area contributed by atoms with E-state index < -0.39 is 0 Å². The lowest BCUT2D eigenvalue weighted by atomic mass is 10.3. The molecule has 0 aromatic carbocycles. The molecule has 0 aliphatic heterocycles. The third kappa shape index (κ3) is 4.32. The number of nitriles is 1. The Balaban J connectivity index is 3.74. The topological polar surface area (TPSA) is 38.9 Å². The van der Waals surface area contributed by atoms with E-state index in [-0.39, 0.29) is 0 Å². The van der Waals surface area contributed by atoms with E-state index in [9.17, 15) is 0 Å². The van der Waals surface area contributed by atoms with E-state index in [1.54, 1.807) is 0 Å². The molecule has 0 rings (SSSR count). The second-order valence-electron chi connectivity index (χ2n) is 3.29. The van der Waals surface area contributed by atoms with Gasteiger partial charge in [0.05, 0.1) is 12.5 Å². The molecule has 0 fully saturated rings. The van der Waals surface area contributed by atoms with Crippen LogP contribution in [-0.4, -0.2) is 18.7 Å². The zero-order valence-electron chi connectivity index (χ0n) is 8.37. The average molecular weight is 170 g/mol. The first-order valence-corrected chi connectivity index (χ1v) is 4.37. The summed E-state index contributed by atoms with van der Waals surface area (Å²) in [5.74, 6) is 0. The fourth-order valence-electron chi connectivity index (χ4n) is 1.09. The molecule has 0 aromatic rings. The summed E-state index contributed by atoms with van der Waals surface area (Å²) in [5, 5.41) is 10.2. The Labute approximate surface area is 74.9 Å². The highest BCUT2D eigenvalue weighted by atomic mass is 16.7. The van der Waals surface area contributed by atoms with Crippen LogP contribution in [0.15, 0.2) is 0 Å². The van der Waals surface area contributed by atoms with E-state index in [1.807, 2.05) is 11.1 Å². The quantitative estimate of drug-likeness (QED) is 0.358. The Kier molecular flexibility index (Phi) is 5.69. The van der Waals surface area contributed by atoms with Crippen LogP contribution < -0.4 is 5.06 Å². The molecule has 3 heteroatoms. The Morgan fingerprint density at radius 1 is 1.25 bits per heavy atom. The molecule has 0 aliphatic rings. The molecule has 0 saturated heterocycles. The molecule has 12 heavy (non-hydrogen) atoms. The van der Waals surface area contributed by atoms with Crippen LogP contribution in [0.3, 0.4) is 0 Å². The highest BCUT2D eigenvalue weighted by Gasteiger charge is 2.25. The van der Waals surface area contributed by atoms with Gasteiger partial charge in [0.15, 0.2) is 12.1 Å².